The normalized spacial score (nSPS) is 38.3. The van der Waals surface area contributed by atoms with Crippen LogP contribution in [0.1, 0.15) is 38.7 Å². The Kier molecular flexibility index (Phi) is 5.38. The first-order chi connectivity index (χ1) is 14.9. The van der Waals surface area contributed by atoms with Crippen LogP contribution in [-0.4, -0.2) is 60.9 Å². The molecule has 3 fully saturated rings. The van der Waals surface area contributed by atoms with E-state index >= 15 is 0 Å². The standard InChI is InChI=1S/C26H36N2O3/c1-17-6-4-9-20(14-17)28-12-10-27(11-13-28)16-21-23-22(31-25(21)30)15-19-8-5-7-18(2)26(19,3)24(23)29/h4,6,8-9,14,18,21-24,29H,5,7,10-13,15-16H2,1-3H3/t18-,21?,22-,23-,24+,26-/m1/s1. The van der Waals surface area contributed by atoms with Gasteiger partial charge in [-0.05, 0) is 43.4 Å². The number of ether oxygens (including phenoxy) is 1. The largest absolute Gasteiger partial charge is 0.461 e. The predicted octanol–water partition coefficient (Wildman–Crippen LogP) is 3.40. The van der Waals surface area contributed by atoms with E-state index in [9.17, 15) is 9.90 Å². The highest BCUT2D eigenvalue weighted by molar-refractivity contribution is 5.76. The van der Waals surface area contributed by atoms with Gasteiger partial charge in [0.05, 0.1) is 12.0 Å². The zero-order valence-electron chi connectivity index (χ0n) is 19.1. The Bertz CT molecular complexity index is 875. The fourth-order valence-corrected chi connectivity index (χ4v) is 6.57. The van der Waals surface area contributed by atoms with Gasteiger partial charge < -0.3 is 14.7 Å². The van der Waals surface area contributed by atoms with E-state index in [4.69, 9.17) is 4.74 Å². The maximum Gasteiger partial charge on any atom is 0.311 e. The average molecular weight is 425 g/mol. The van der Waals surface area contributed by atoms with Crippen molar-refractivity contribution in [2.24, 2.45) is 23.2 Å². The van der Waals surface area contributed by atoms with Crippen LogP contribution in [0.25, 0.3) is 0 Å². The van der Waals surface area contributed by atoms with Gasteiger partial charge in [-0.15, -0.1) is 0 Å². The van der Waals surface area contributed by atoms with Crippen LogP contribution < -0.4 is 4.90 Å². The summed E-state index contributed by atoms with van der Waals surface area (Å²) in [6.45, 7) is 11.1. The van der Waals surface area contributed by atoms with E-state index < -0.39 is 6.10 Å². The van der Waals surface area contributed by atoms with E-state index in [1.807, 2.05) is 0 Å². The minimum absolute atomic E-state index is 0.0926. The zero-order valence-corrected chi connectivity index (χ0v) is 19.1. The number of piperazine rings is 1. The molecule has 4 aliphatic rings. The number of allylic oxidation sites excluding steroid dienone is 1. The van der Waals surface area contributed by atoms with Crippen molar-refractivity contribution in [2.75, 3.05) is 37.6 Å². The fraction of sp³-hybridized carbons (Fsp3) is 0.654. The first-order valence-electron chi connectivity index (χ1n) is 12.0. The Morgan fingerprint density at radius 3 is 2.74 bits per heavy atom. The Labute approximate surface area is 186 Å². The number of nitrogens with zero attached hydrogens (tertiary/aromatic N) is 2. The lowest BCUT2D eigenvalue weighted by atomic mass is 9.55. The minimum Gasteiger partial charge on any atom is -0.461 e. The van der Waals surface area contributed by atoms with E-state index in [1.165, 1.54) is 16.8 Å². The second kappa shape index (κ2) is 7.93. The molecule has 5 heteroatoms. The molecule has 1 aromatic carbocycles. The van der Waals surface area contributed by atoms with Gasteiger partial charge in [-0.2, -0.15) is 0 Å². The van der Waals surface area contributed by atoms with Gasteiger partial charge in [0, 0.05) is 56.2 Å². The number of anilines is 1. The molecule has 1 aromatic rings. The lowest BCUT2D eigenvalue weighted by Crippen LogP contribution is -2.55. The van der Waals surface area contributed by atoms with Crippen LogP contribution in [-0.2, 0) is 9.53 Å². The van der Waals surface area contributed by atoms with Crippen LogP contribution in [0.15, 0.2) is 35.9 Å². The van der Waals surface area contributed by atoms with Crippen LogP contribution in [0.3, 0.4) is 0 Å². The third-order valence-corrected chi connectivity index (χ3v) is 8.76. The number of aliphatic hydroxyl groups excluding tert-OH is 1. The summed E-state index contributed by atoms with van der Waals surface area (Å²) in [5.74, 6) is 0.00589. The molecule has 0 spiro atoms. The first kappa shape index (κ1) is 21.0. The van der Waals surface area contributed by atoms with Gasteiger partial charge in [-0.25, -0.2) is 0 Å². The van der Waals surface area contributed by atoms with Crippen LogP contribution in [0.4, 0.5) is 5.69 Å². The molecule has 0 radical (unpaired) electrons. The third-order valence-electron chi connectivity index (χ3n) is 8.76. The van der Waals surface area contributed by atoms with Crippen LogP contribution >= 0.6 is 0 Å². The second-order valence-electron chi connectivity index (χ2n) is 10.4. The molecule has 31 heavy (non-hydrogen) atoms. The topological polar surface area (TPSA) is 53.0 Å². The molecule has 1 saturated carbocycles. The lowest BCUT2D eigenvalue weighted by Gasteiger charge is -2.52. The second-order valence-corrected chi connectivity index (χ2v) is 10.4. The molecule has 0 bridgehead atoms. The van der Waals surface area contributed by atoms with Crippen molar-refractivity contribution in [1.82, 2.24) is 4.90 Å². The highest BCUT2D eigenvalue weighted by Gasteiger charge is 2.59. The number of hydrogen-bond donors (Lipinski definition) is 1. The highest BCUT2D eigenvalue weighted by Crippen LogP contribution is 2.56. The molecular weight excluding hydrogens is 388 g/mol. The van der Waals surface area contributed by atoms with E-state index in [0.717, 1.165) is 45.4 Å². The van der Waals surface area contributed by atoms with Gasteiger partial charge in [-0.3, -0.25) is 9.69 Å². The molecular formula is C26H36N2O3. The summed E-state index contributed by atoms with van der Waals surface area (Å²) in [5.41, 5.74) is 3.64. The number of aliphatic hydroxyl groups is 1. The summed E-state index contributed by atoms with van der Waals surface area (Å²) < 4.78 is 5.85. The van der Waals surface area contributed by atoms with E-state index in [2.05, 4.69) is 60.9 Å². The van der Waals surface area contributed by atoms with Crippen molar-refractivity contribution < 1.29 is 14.6 Å². The number of carbonyl (C=O) groups is 1. The minimum atomic E-state index is -0.516. The number of esters is 1. The maximum absolute atomic E-state index is 12.9. The summed E-state index contributed by atoms with van der Waals surface area (Å²) >= 11 is 0. The van der Waals surface area contributed by atoms with Gasteiger partial charge >= 0.3 is 5.97 Å². The van der Waals surface area contributed by atoms with E-state index in [1.54, 1.807) is 0 Å². The molecule has 168 valence electrons. The smallest absolute Gasteiger partial charge is 0.311 e. The Hall–Kier alpha value is -1.85. The van der Waals surface area contributed by atoms with Crippen molar-refractivity contribution >= 4 is 11.7 Å². The van der Waals surface area contributed by atoms with Crippen LogP contribution in [0.2, 0.25) is 0 Å². The monoisotopic (exact) mass is 424 g/mol. The molecule has 1 N–H and O–H groups in total. The molecule has 1 unspecified atom stereocenters. The highest BCUT2D eigenvalue weighted by atomic mass is 16.6. The van der Waals surface area contributed by atoms with Crippen molar-refractivity contribution in [2.45, 2.75) is 52.2 Å². The molecule has 2 aliphatic carbocycles. The summed E-state index contributed by atoms with van der Waals surface area (Å²) in [6, 6.07) is 8.67. The Morgan fingerprint density at radius 2 is 2.00 bits per heavy atom. The summed E-state index contributed by atoms with van der Waals surface area (Å²) in [6.07, 6.45) is 4.59. The molecule has 2 aliphatic heterocycles. The van der Waals surface area contributed by atoms with Crippen molar-refractivity contribution in [3.05, 3.63) is 41.5 Å². The average Bonchev–Trinajstić information content (AvgIpc) is 3.06. The van der Waals surface area contributed by atoms with Gasteiger partial charge in [0.25, 0.3) is 0 Å². The number of hydrogen-bond acceptors (Lipinski definition) is 5. The maximum atomic E-state index is 12.9. The zero-order chi connectivity index (χ0) is 21.8. The SMILES string of the molecule is Cc1cccc(N2CCN(CC3C(=O)O[C@@H]4CC5=CCC[C@@H](C)[C@@]5(C)[C@@H](O)[C@H]34)CC2)c1. The summed E-state index contributed by atoms with van der Waals surface area (Å²) in [5, 5.41) is 11.5. The Morgan fingerprint density at radius 1 is 1.23 bits per heavy atom. The van der Waals surface area contributed by atoms with Crippen LogP contribution in [0, 0.1) is 30.1 Å². The third kappa shape index (κ3) is 3.50. The molecule has 5 rings (SSSR count). The van der Waals surface area contributed by atoms with Crippen molar-refractivity contribution in [3.63, 3.8) is 0 Å². The fourth-order valence-electron chi connectivity index (χ4n) is 6.57. The molecule has 0 amide bonds. The van der Waals surface area contributed by atoms with Crippen molar-refractivity contribution in [3.8, 4) is 0 Å². The number of aryl methyl sites for hydroxylation is 1. The molecule has 5 nitrogen and oxygen atoms in total. The van der Waals surface area contributed by atoms with E-state index in [-0.39, 0.29) is 29.3 Å². The molecule has 2 saturated heterocycles. The molecule has 0 aromatic heterocycles. The predicted molar refractivity (Wildman–Crippen MR) is 122 cm³/mol. The van der Waals surface area contributed by atoms with Gasteiger partial charge in [0.1, 0.15) is 6.10 Å². The van der Waals surface area contributed by atoms with Gasteiger partial charge in [0.15, 0.2) is 0 Å². The molecule has 6 atom stereocenters. The number of benzene rings is 1. The number of fused-ring (bicyclic) bond motifs is 2. The first-order valence-corrected chi connectivity index (χ1v) is 12.0. The molecule has 2 heterocycles. The van der Waals surface area contributed by atoms with Crippen LogP contribution in [0.5, 0.6) is 0 Å². The van der Waals surface area contributed by atoms with Crippen molar-refractivity contribution in [1.29, 1.82) is 0 Å². The summed E-state index contributed by atoms with van der Waals surface area (Å²) in [7, 11) is 0. The Balaban J connectivity index is 1.28. The number of carbonyl (C=O) groups excluding carboxylic acids is 1. The number of rotatable bonds is 3. The van der Waals surface area contributed by atoms with E-state index in [0.29, 0.717) is 12.5 Å². The quantitative estimate of drug-likeness (QED) is 0.595. The van der Waals surface area contributed by atoms with Gasteiger partial charge in [0.2, 0.25) is 0 Å². The summed E-state index contributed by atoms with van der Waals surface area (Å²) in [4.78, 5) is 17.7. The lowest BCUT2D eigenvalue weighted by molar-refractivity contribution is -0.145. The van der Waals surface area contributed by atoms with Gasteiger partial charge in [-0.1, -0.05) is 37.6 Å².